The Bertz CT molecular complexity index is 421. The van der Waals surface area contributed by atoms with E-state index in [-0.39, 0.29) is 5.82 Å². The Labute approximate surface area is 102 Å². The molecular formula is C15H19FO. The van der Waals surface area contributed by atoms with Crippen molar-refractivity contribution in [3.8, 4) is 0 Å². The molecule has 17 heavy (non-hydrogen) atoms. The van der Waals surface area contributed by atoms with Crippen LogP contribution in [0.1, 0.15) is 36.8 Å². The second-order valence-electron chi connectivity index (χ2n) is 5.79. The summed E-state index contributed by atoms with van der Waals surface area (Å²) in [4.78, 5) is 0. The van der Waals surface area contributed by atoms with Crippen molar-refractivity contribution in [1.29, 1.82) is 0 Å². The first-order valence-electron chi connectivity index (χ1n) is 6.57. The maximum Gasteiger partial charge on any atom is 0.123 e. The average Bonchev–Trinajstić information content (AvgIpc) is 3.16. The standard InChI is InChI=1S/C15H19FO/c1-10-8-14(16)7-2-11(10)9-15(17,12-3-4-12)13-5-6-13/h2,7-8,12-13,17H,3-6,9H2,1H3. The van der Waals surface area contributed by atoms with Crippen LogP contribution < -0.4 is 0 Å². The Morgan fingerprint density at radius 1 is 1.24 bits per heavy atom. The molecule has 0 spiro atoms. The Kier molecular flexibility index (Phi) is 2.51. The maximum absolute atomic E-state index is 13.1. The third-order valence-electron chi connectivity index (χ3n) is 4.35. The second-order valence-corrected chi connectivity index (χ2v) is 5.79. The van der Waals surface area contributed by atoms with Gasteiger partial charge in [0.05, 0.1) is 5.60 Å². The molecule has 3 rings (SSSR count). The minimum Gasteiger partial charge on any atom is -0.389 e. The molecule has 92 valence electrons. The molecule has 0 aromatic heterocycles. The van der Waals surface area contributed by atoms with Crippen LogP contribution in [0.25, 0.3) is 0 Å². The molecule has 2 aliphatic carbocycles. The highest BCUT2D eigenvalue weighted by Gasteiger charge is 2.52. The summed E-state index contributed by atoms with van der Waals surface area (Å²) in [7, 11) is 0. The molecule has 1 aromatic carbocycles. The maximum atomic E-state index is 13.1. The van der Waals surface area contributed by atoms with Crippen molar-refractivity contribution in [2.45, 2.75) is 44.6 Å². The van der Waals surface area contributed by atoms with Crippen LogP contribution in [0.5, 0.6) is 0 Å². The molecule has 0 aliphatic heterocycles. The zero-order valence-corrected chi connectivity index (χ0v) is 10.2. The molecule has 0 amide bonds. The fourth-order valence-electron chi connectivity index (χ4n) is 2.95. The van der Waals surface area contributed by atoms with Gasteiger partial charge in [-0.3, -0.25) is 0 Å². The molecule has 0 heterocycles. The smallest absolute Gasteiger partial charge is 0.123 e. The van der Waals surface area contributed by atoms with Crippen LogP contribution in [-0.2, 0) is 6.42 Å². The van der Waals surface area contributed by atoms with E-state index in [2.05, 4.69) is 0 Å². The number of rotatable bonds is 4. The lowest BCUT2D eigenvalue weighted by Crippen LogP contribution is -2.37. The Balaban J connectivity index is 1.84. The monoisotopic (exact) mass is 234 g/mol. The molecule has 0 bridgehead atoms. The third-order valence-corrected chi connectivity index (χ3v) is 4.35. The summed E-state index contributed by atoms with van der Waals surface area (Å²) in [6.45, 7) is 1.93. The zero-order valence-electron chi connectivity index (χ0n) is 10.2. The number of aryl methyl sites for hydroxylation is 1. The molecule has 0 unspecified atom stereocenters. The summed E-state index contributed by atoms with van der Waals surface area (Å²) in [6.07, 6.45) is 5.34. The Hall–Kier alpha value is -0.890. The van der Waals surface area contributed by atoms with Crippen LogP contribution in [0.4, 0.5) is 4.39 Å². The second kappa shape index (κ2) is 3.81. The van der Waals surface area contributed by atoms with E-state index in [9.17, 15) is 9.50 Å². The van der Waals surface area contributed by atoms with Gasteiger partial charge in [0.25, 0.3) is 0 Å². The summed E-state index contributed by atoms with van der Waals surface area (Å²) < 4.78 is 13.1. The van der Waals surface area contributed by atoms with Crippen LogP contribution in [-0.4, -0.2) is 10.7 Å². The number of hydrogen-bond donors (Lipinski definition) is 1. The largest absolute Gasteiger partial charge is 0.389 e. The normalized spacial score (nSPS) is 20.6. The summed E-state index contributed by atoms with van der Waals surface area (Å²) in [5.74, 6) is 0.784. The minimum absolute atomic E-state index is 0.187. The molecule has 0 atom stereocenters. The van der Waals surface area contributed by atoms with E-state index >= 15 is 0 Å². The quantitative estimate of drug-likeness (QED) is 0.848. The summed E-state index contributed by atoms with van der Waals surface area (Å²) in [5, 5.41) is 10.8. The van der Waals surface area contributed by atoms with Gasteiger partial charge in [0.2, 0.25) is 0 Å². The Morgan fingerprint density at radius 3 is 2.29 bits per heavy atom. The number of aliphatic hydroxyl groups is 1. The van der Waals surface area contributed by atoms with E-state index < -0.39 is 5.60 Å². The van der Waals surface area contributed by atoms with Crippen molar-refractivity contribution in [3.63, 3.8) is 0 Å². The number of benzene rings is 1. The van der Waals surface area contributed by atoms with Gasteiger partial charge >= 0.3 is 0 Å². The van der Waals surface area contributed by atoms with E-state index in [1.165, 1.54) is 6.07 Å². The van der Waals surface area contributed by atoms with Crippen LogP contribution in [0.15, 0.2) is 18.2 Å². The van der Waals surface area contributed by atoms with E-state index in [1.807, 2.05) is 13.0 Å². The van der Waals surface area contributed by atoms with Crippen LogP contribution in [0.2, 0.25) is 0 Å². The van der Waals surface area contributed by atoms with Crippen molar-refractivity contribution in [2.75, 3.05) is 0 Å². The van der Waals surface area contributed by atoms with Crippen molar-refractivity contribution >= 4 is 0 Å². The predicted molar refractivity (Wildman–Crippen MR) is 65.2 cm³/mol. The Morgan fingerprint density at radius 2 is 1.82 bits per heavy atom. The highest BCUT2D eigenvalue weighted by atomic mass is 19.1. The zero-order chi connectivity index (χ0) is 12.0. The number of hydrogen-bond acceptors (Lipinski definition) is 1. The molecular weight excluding hydrogens is 215 g/mol. The van der Waals surface area contributed by atoms with Gasteiger partial charge in [0.15, 0.2) is 0 Å². The van der Waals surface area contributed by atoms with Crippen LogP contribution in [0, 0.1) is 24.6 Å². The molecule has 2 saturated carbocycles. The van der Waals surface area contributed by atoms with Crippen LogP contribution >= 0.6 is 0 Å². The molecule has 1 nitrogen and oxygen atoms in total. The first-order chi connectivity index (χ1) is 8.09. The van der Waals surface area contributed by atoms with E-state index in [4.69, 9.17) is 0 Å². The van der Waals surface area contributed by atoms with E-state index in [0.717, 1.165) is 36.8 Å². The van der Waals surface area contributed by atoms with Crippen molar-refractivity contribution in [3.05, 3.63) is 35.1 Å². The molecule has 1 aromatic rings. The topological polar surface area (TPSA) is 20.2 Å². The van der Waals surface area contributed by atoms with Crippen LogP contribution in [0.3, 0.4) is 0 Å². The van der Waals surface area contributed by atoms with E-state index in [1.54, 1.807) is 6.07 Å². The van der Waals surface area contributed by atoms with Crippen molar-refractivity contribution < 1.29 is 9.50 Å². The third kappa shape index (κ3) is 2.11. The molecule has 0 radical (unpaired) electrons. The van der Waals surface area contributed by atoms with Gasteiger partial charge in [-0.25, -0.2) is 4.39 Å². The predicted octanol–water partition coefficient (Wildman–Crippen LogP) is 3.23. The summed E-state index contributed by atoms with van der Waals surface area (Å²) in [6, 6.07) is 4.90. The highest BCUT2D eigenvalue weighted by Crippen LogP contribution is 2.53. The lowest BCUT2D eigenvalue weighted by atomic mass is 9.84. The molecule has 1 N–H and O–H groups in total. The highest BCUT2D eigenvalue weighted by molar-refractivity contribution is 5.29. The van der Waals surface area contributed by atoms with Gasteiger partial charge < -0.3 is 5.11 Å². The lowest BCUT2D eigenvalue weighted by molar-refractivity contribution is -0.00467. The molecule has 2 heteroatoms. The summed E-state index contributed by atoms with van der Waals surface area (Å²) in [5.41, 5.74) is 1.56. The van der Waals surface area contributed by atoms with E-state index in [0.29, 0.717) is 18.3 Å². The van der Waals surface area contributed by atoms with Gasteiger partial charge in [-0.1, -0.05) is 6.07 Å². The van der Waals surface area contributed by atoms with Gasteiger partial charge in [-0.15, -0.1) is 0 Å². The molecule has 0 saturated heterocycles. The fourth-order valence-corrected chi connectivity index (χ4v) is 2.95. The van der Waals surface area contributed by atoms with Crippen molar-refractivity contribution in [2.24, 2.45) is 11.8 Å². The SMILES string of the molecule is Cc1cc(F)ccc1CC(O)(C1CC1)C1CC1. The van der Waals surface area contributed by atoms with Gasteiger partial charge in [0, 0.05) is 6.42 Å². The van der Waals surface area contributed by atoms with Gasteiger partial charge in [-0.2, -0.15) is 0 Å². The average molecular weight is 234 g/mol. The first kappa shape index (κ1) is 11.2. The van der Waals surface area contributed by atoms with Crippen molar-refractivity contribution in [1.82, 2.24) is 0 Å². The lowest BCUT2D eigenvalue weighted by Gasteiger charge is -2.29. The molecule has 2 aliphatic rings. The van der Waals surface area contributed by atoms with Gasteiger partial charge in [-0.05, 0) is 67.7 Å². The number of halogens is 1. The fraction of sp³-hybridized carbons (Fsp3) is 0.600. The molecule has 2 fully saturated rings. The first-order valence-corrected chi connectivity index (χ1v) is 6.57. The minimum atomic E-state index is -0.511. The summed E-state index contributed by atoms with van der Waals surface area (Å²) >= 11 is 0. The van der Waals surface area contributed by atoms with Gasteiger partial charge in [0.1, 0.15) is 5.82 Å².